The van der Waals surface area contributed by atoms with E-state index in [4.69, 9.17) is 0 Å². The van der Waals surface area contributed by atoms with Crippen molar-refractivity contribution >= 4 is 11.6 Å². The molecule has 0 bridgehead atoms. The molecule has 136 valence electrons. The van der Waals surface area contributed by atoms with Crippen LogP contribution in [0.3, 0.4) is 0 Å². The summed E-state index contributed by atoms with van der Waals surface area (Å²) in [6, 6.07) is 19.1. The molecule has 0 spiro atoms. The molecular formula is C22H27N3O. The fraction of sp³-hybridized carbons (Fsp3) is 0.409. The van der Waals surface area contributed by atoms with Gasteiger partial charge in [0.05, 0.1) is 0 Å². The van der Waals surface area contributed by atoms with Crippen LogP contribution in [0.4, 0.5) is 5.69 Å². The summed E-state index contributed by atoms with van der Waals surface area (Å²) in [5.41, 5.74) is 4.01. The van der Waals surface area contributed by atoms with Gasteiger partial charge < -0.3 is 9.80 Å². The normalized spacial score (nSPS) is 17.8. The highest BCUT2D eigenvalue weighted by Crippen LogP contribution is 2.19. The van der Waals surface area contributed by atoms with Gasteiger partial charge in [0, 0.05) is 57.9 Å². The van der Waals surface area contributed by atoms with E-state index in [9.17, 15) is 4.79 Å². The van der Waals surface area contributed by atoms with Crippen molar-refractivity contribution in [1.82, 2.24) is 9.80 Å². The number of carbonyl (C=O) groups excluding carboxylic acids is 1. The Kier molecular flexibility index (Phi) is 5.21. The van der Waals surface area contributed by atoms with Crippen molar-refractivity contribution in [2.75, 3.05) is 44.2 Å². The van der Waals surface area contributed by atoms with Crippen LogP contribution < -0.4 is 4.90 Å². The van der Waals surface area contributed by atoms with Crippen LogP contribution in [0.5, 0.6) is 0 Å². The van der Waals surface area contributed by atoms with E-state index >= 15 is 0 Å². The maximum atomic E-state index is 12.6. The maximum Gasteiger partial charge on any atom is 0.224 e. The quantitative estimate of drug-likeness (QED) is 0.849. The second-order valence-corrected chi connectivity index (χ2v) is 7.25. The van der Waals surface area contributed by atoms with Gasteiger partial charge >= 0.3 is 0 Å². The number of nitrogens with zero attached hydrogens (tertiary/aromatic N) is 3. The number of benzene rings is 2. The third-order valence-electron chi connectivity index (χ3n) is 5.62. The topological polar surface area (TPSA) is 26.8 Å². The van der Waals surface area contributed by atoms with E-state index in [1.54, 1.807) is 0 Å². The van der Waals surface area contributed by atoms with Crippen LogP contribution in [0.15, 0.2) is 54.6 Å². The number of carbonyl (C=O) groups is 1. The molecule has 0 N–H and O–H groups in total. The van der Waals surface area contributed by atoms with Gasteiger partial charge in [0.25, 0.3) is 0 Å². The van der Waals surface area contributed by atoms with Gasteiger partial charge in [0.2, 0.25) is 5.91 Å². The molecule has 2 heterocycles. The Balaban J connectivity index is 1.23. The molecule has 4 rings (SSSR count). The lowest BCUT2D eigenvalue weighted by Crippen LogP contribution is -2.47. The van der Waals surface area contributed by atoms with Crippen molar-refractivity contribution < 1.29 is 4.79 Å². The van der Waals surface area contributed by atoms with Crippen LogP contribution in [0.25, 0.3) is 0 Å². The van der Waals surface area contributed by atoms with Gasteiger partial charge in [-0.25, -0.2) is 0 Å². The number of hydrogen-bond donors (Lipinski definition) is 0. The Morgan fingerprint density at radius 2 is 1.50 bits per heavy atom. The summed E-state index contributed by atoms with van der Waals surface area (Å²) >= 11 is 0. The molecule has 2 aromatic carbocycles. The molecule has 0 saturated carbocycles. The van der Waals surface area contributed by atoms with Gasteiger partial charge in [-0.2, -0.15) is 0 Å². The summed E-state index contributed by atoms with van der Waals surface area (Å²) in [4.78, 5) is 19.5. The Morgan fingerprint density at radius 1 is 0.808 bits per heavy atom. The summed E-state index contributed by atoms with van der Waals surface area (Å²) in [6.45, 7) is 6.65. The van der Waals surface area contributed by atoms with Gasteiger partial charge in [0.1, 0.15) is 0 Å². The molecule has 1 fully saturated rings. The molecule has 1 saturated heterocycles. The molecule has 2 aromatic rings. The van der Waals surface area contributed by atoms with Crippen LogP contribution in [0.2, 0.25) is 0 Å². The van der Waals surface area contributed by atoms with Gasteiger partial charge in [0.15, 0.2) is 0 Å². The molecule has 4 heteroatoms. The molecule has 1 amide bonds. The predicted octanol–water partition coefficient (Wildman–Crippen LogP) is 2.78. The zero-order valence-corrected chi connectivity index (χ0v) is 15.3. The molecule has 0 atom stereocenters. The van der Waals surface area contributed by atoms with Crippen LogP contribution in [0, 0.1) is 0 Å². The van der Waals surface area contributed by atoms with Crippen molar-refractivity contribution in [1.29, 1.82) is 0 Å². The lowest BCUT2D eigenvalue weighted by Gasteiger charge is -2.36. The maximum absolute atomic E-state index is 12.6. The molecule has 26 heavy (non-hydrogen) atoms. The smallest absolute Gasteiger partial charge is 0.224 e. The van der Waals surface area contributed by atoms with Crippen molar-refractivity contribution in [3.05, 3.63) is 65.7 Å². The number of rotatable bonds is 4. The minimum absolute atomic E-state index is 0.296. The molecular weight excluding hydrogens is 322 g/mol. The highest BCUT2D eigenvalue weighted by molar-refractivity contribution is 5.76. The largest absolute Gasteiger partial charge is 0.369 e. The van der Waals surface area contributed by atoms with Gasteiger partial charge in [-0.15, -0.1) is 0 Å². The Bertz CT molecular complexity index is 738. The van der Waals surface area contributed by atoms with E-state index in [0.717, 1.165) is 52.2 Å². The summed E-state index contributed by atoms with van der Waals surface area (Å²) in [5.74, 6) is 0.296. The molecule has 2 aliphatic heterocycles. The number of hydrogen-bond acceptors (Lipinski definition) is 3. The number of amides is 1. The van der Waals surface area contributed by atoms with Crippen LogP contribution >= 0.6 is 0 Å². The number of fused-ring (bicyclic) bond motifs is 1. The van der Waals surface area contributed by atoms with E-state index in [1.807, 2.05) is 4.90 Å². The number of anilines is 1. The van der Waals surface area contributed by atoms with Gasteiger partial charge in [-0.05, 0) is 29.7 Å². The molecule has 0 aromatic heterocycles. The van der Waals surface area contributed by atoms with E-state index in [0.29, 0.717) is 12.3 Å². The van der Waals surface area contributed by atoms with Crippen molar-refractivity contribution in [2.24, 2.45) is 0 Å². The fourth-order valence-electron chi connectivity index (χ4n) is 3.99. The predicted molar refractivity (Wildman–Crippen MR) is 105 cm³/mol. The Morgan fingerprint density at radius 3 is 2.27 bits per heavy atom. The van der Waals surface area contributed by atoms with Crippen LogP contribution in [-0.2, 0) is 17.8 Å². The number of para-hydroxylation sites is 1. The minimum Gasteiger partial charge on any atom is -0.369 e. The van der Waals surface area contributed by atoms with E-state index in [-0.39, 0.29) is 0 Å². The lowest BCUT2D eigenvalue weighted by atomic mass is 10.00. The fourth-order valence-corrected chi connectivity index (χ4v) is 3.99. The van der Waals surface area contributed by atoms with E-state index in [1.165, 1.54) is 16.8 Å². The third kappa shape index (κ3) is 3.91. The monoisotopic (exact) mass is 349 g/mol. The van der Waals surface area contributed by atoms with Crippen LogP contribution in [-0.4, -0.2) is 55.0 Å². The summed E-state index contributed by atoms with van der Waals surface area (Å²) in [6.07, 6.45) is 1.62. The molecule has 0 aliphatic carbocycles. The Labute approximate surface area is 156 Å². The standard InChI is InChI=1S/C22H27N3O/c26-22(25-13-10-19-6-4-5-7-20(19)18-25)11-12-23-14-16-24(17-15-23)21-8-2-1-3-9-21/h1-9H,10-18H2. The first-order chi connectivity index (χ1) is 12.8. The second-order valence-electron chi connectivity index (χ2n) is 7.25. The van der Waals surface area contributed by atoms with Crippen LogP contribution in [0.1, 0.15) is 17.5 Å². The average molecular weight is 349 g/mol. The first kappa shape index (κ1) is 17.1. The molecule has 0 unspecified atom stereocenters. The Hall–Kier alpha value is -2.33. The zero-order chi connectivity index (χ0) is 17.8. The first-order valence-corrected chi connectivity index (χ1v) is 9.66. The summed E-state index contributed by atoms with van der Waals surface area (Å²) < 4.78 is 0. The van der Waals surface area contributed by atoms with Crippen molar-refractivity contribution in [3.63, 3.8) is 0 Å². The molecule has 4 nitrogen and oxygen atoms in total. The molecule has 2 aliphatic rings. The van der Waals surface area contributed by atoms with Gasteiger partial charge in [-0.1, -0.05) is 42.5 Å². The molecule has 0 radical (unpaired) electrons. The second kappa shape index (κ2) is 7.92. The van der Waals surface area contributed by atoms with Crippen molar-refractivity contribution in [3.8, 4) is 0 Å². The SMILES string of the molecule is O=C(CCN1CCN(c2ccccc2)CC1)N1CCc2ccccc2C1. The summed E-state index contributed by atoms with van der Waals surface area (Å²) in [5, 5.41) is 0. The first-order valence-electron chi connectivity index (χ1n) is 9.66. The minimum atomic E-state index is 0.296. The van der Waals surface area contributed by atoms with Gasteiger partial charge in [-0.3, -0.25) is 9.69 Å². The zero-order valence-electron chi connectivity index (χ0n) is 15.3. The lowest BCUT2D eigenvalue weighted by molar-refractivity contribution is -0.132. The highest BCUT2D eigenvalue weighted by Gasteiger charge is 2.22. The summed E-state index contributed by atoms with van der Waals surface area (Å²) in [7, 11) is 0. The highest BCUT2D eigenvalue weighted by atomic mass is 16.2. The third-order valence-corrected chi connectivity index (χ3v) is 5.62. The number of piperazine rings is 1. The van der Waals surface area contributed by atoms with Crippen molar-refractivity contribution in [2.45, 2.75) is 19.4 Å². The van der Waals surface area contributed by atoms with E-state index in [2.05, 4.69) is 64.4 Å². The average Bonchev–Trinajstić information content (AvgIpc) is 2.72. The van der Waals surface area contributed by atoms with E-state index < -0.39 is 0 Å².